The van der Waals surface area contributed by atoms with E-state index in [9.17, 15) is 19.2 Å². The van der Waals surface area contributed by atoms with Crippen LogP contribution in [0.2, 0.25) is 0 Å². The second kappa shape index (κ2) is 19.0. The number of aromatic amines is 2. The Morgan fingerprint density at radius 3 is 2.16 bits per heavy atom. The lowest BCUT2D eigenvalue weighted by Gasteiger charge is -2.34. The predicted octanol–water partition coefficient (Wildman–Crippen LogP) is 6.06. The Labute approximate surface area is 372 Å². The van der Waals surface area contributed by atoms with Crippen molar-refractivity contribution in [3.05, 3.63) is 71.6 Å². The van der Waals surface area contributed by atoms with Crippen LogP contribution in [0.5, 0.6) is 11.5 Å². The van der Waals surface area contributed by atoms with Crippen LogP contribution < -0.4 is 20.7 Å². The highest BCUT2D eigenvalue weighted by Crippen LogP contribution is 2.62. The molecule has 6 heterocycles. The minimum atomic E-state index is -0.691. The second-order valence-corrected chi connectivity index (χ2v) is 17.6. The first-order chi connectivity index (χ1) is 31.2. The zero-order valence-corrected chi connectivity index (χ0v) is 36.5. The molecule has 2 aromatic heterocycles. The summed E-state index contributed by atoms with van der Waals surface area (Å²) in [6, 6.07) is 11.1. The predicted molar refractivity (Wildman–Crippen MR) is 234 cm³/mol. The summed E-state index contributed by atoms with van der Waals surface area (Å²) in [5.41, 5.74) is 5.97. The molecule has 1 spiro atoms. The number of likely N-dealkylation sites (tertiary alicyclic amines) is 1. The first-order valence-electron chi connectivity index (χ1n) is 22.7. The number of methoxy groups -OCH3 is 2. The van der Waals surface area contributed by atoms with Gasteiger partial charge in [0.05, 0.1) is 44.0 Å². The van der Waals surface area contributed by atoms with Crippen molar-refractivity contribution in [3.8, 4) is 34.0 Å². The quantitative estimate of drug-likeness (QED) is 0.0920. The molecule has 3 saturated heterocycles. The molecule has 1 aliphatic carbocycles. The van der Waals surface area contributed by atoms with E-state index in [-0.39, 0.29) is 35.1 Å². The number of amides is 4. The fraction of sp³-hybridized carbons (Fsp3) is 0.532. The molecule has 2 aromatic carbocycles. The molecule has 4 aromatic rings. The minimum Gasteiger partial charge on any atom is -0.457 e. The molecule has 9 rings (SSSR count). The van der Waals surface area contributed by atoms with Gasteiger partial charge in [-0.25, -0.2) is 19.6 Å². The molecule has 5 N–H and O–H groups in total. The standard InChI is InChI=1S/C47H58N8O9/c1-60-45(58)53-40(28-12-20-62-21-13-28)43(56)48-18-4-3-7-39-49-26-34(51-39)31-8-10-32-38(25-31)64-37-11-9-30(24-33(37)47(32)16-17-47)35-27-50-42(52-35)36-6-5-19-55(36)44(57)41(54-46(59)61-2)29-14-22-63-23-15-29/h8-11,24-29,36,40-41H,3-7,12-23H2,1-2H3,(H,48,56)(H,49,51)(H,50,52)(H,53,58)(H,54,59). The third-order valence-electron chi connectivity index (χ3n) is 13.7. The van der Waals surface area contributed by atoms with Crippen LogP contribution in [0.15, 0.2) is 48.8 Å². The van der Waals surface area contributed by atoms with E-state index in [0.717, 1.165) is 96.2 Å². The zero-order valence-electron chi connectivity index (χ0n) is 36.5. The molecule has 5 aliphatic rings. The van der Waals surface area contributed by atoms with Gasteiger partial charge in [0.2, 0.25) is 11.8 Å². The van der Waals surface area contributed by atoms with Crippen LogP contribution in [0, 0.1) is 11.8 Å². The summed E-state index contributed by atoms with van der Waals surface area (Å²) in [5.74, 6) is 2.94. The number of nitrogens with one attached hydrogen (secondary N) is 5. The van der Waals surface area contributed by atoms with Gasteiger partial charge >= 0.3 is 12.2 Å². The smallest absolute Gasteiger partial charge is 0.407 e. The Hall–Kier alpha value is -5.94. The molecule has 3 atom stereocenters. The summed E-state index contributed by atoms with van der Waals surface area (Å²) in [4.78, 5) is 69.8. The molecule has 4 amide bonds. The highest BCUT2D eigenvalue weighted by atomic mass is 16.5. The van der Waals surface area contributed by atoms with E-state index >= 15 is 0 Å². The number of alkyl carbamates (subject to hydrolysis) is 2. The summed E-state index contributed by atoms with van der Waals surface area (Å²) in [5, 5.41) is 8.53. The van der Waals surface area contributed by atoms with Crippen molar-refractivity contribution in [2.45, 2.75) is 94.2 Å². The average Bonchev–Trinajstić information content (AvgIpc) is 3.67. The molecule has 1 saturated carbocycles. The monoisotopic (exact) mass is 878 g/mol. The highest BCUT2D eigenvalue weighted by molar-refractivity contribution is 5.87. The number of hydrogen-bond donors (Lipinski definition) is 5. The number of aromatic nitrogens is 4. The first kappa shape index (κ1) is 43.3. The van der Waals surface area contributed by atoms with Gasteiger partial charge in [0.25, 0.3) is 0 Å². The molecule has 4 fully saturated rings. The number of hydrogen-bond acceptors (Lipinski definition) is 11. The van der Waals surface area contributed by atoms with Gasteiger partial charge in [-0.2, -0.15) is 0 Å². The Morgan fingerprint density at radius 2 is 1.44 bits per heavy atom. The van der Waals surface area contributed by atoms with Gasteiger partial charge in [-0.3, -0.25) is 9.59 Å². The lowest BCUT2D eigenvalue weighted by Crippen LogP contribution is -2.53. The molecule has 0 bridgehead atoms. The van der Waals surface area contributed by atoms with Crippen molar-refractivity contribution in [3.63, 3.8) is 0 Å². The van der Waals surface area contributed by atoms with Crippen molar-refractivity contribution in [2.75, 3.05) is 53.7 Å². The summed E-state index contributed by atoms with van der Waals surface area (Å²) in [7, 11) is 2.61. The third-order valence-corrected chi connectivity index (χ3v) is 13.7. The molecule has 17 heteroatoms. The van der Waals surface area contributed by atoms with Gasteiger partial charge < -0.3 is 54.5 Å². The van der Waals surface area contributed by atoms with E-state index in [0.29, 0.717) is 65.2 Å². The fourth-order valence-electron chi connectivity index (χ4n) is 10.0. The molecule has 3 unspecified atom stereocenters. The Kier molecular flexibility index (Phi) is 12.9. The molecular weight excluding hydrogens is 821 g/mol. The van der Waals surface area contributed by atoms with Gasteiger partial charge in [0.15, 0.2) is 0 Å². The van der Waals surface area contributed by atoms with Gasteiger partial charge in [-0.15, -0.1) is 0 Å². The average molecular weight is 879 g/mol. The van der Waals surface area contributed by atoms with E-state index in [1.54, 1.807) is 0 Å². The van der Waals surface area contributed by atoms with E-state index in [1.807, 2.05) is 23.4 Å². The number of imidazole rings is 2. The van der Waals surface area contributed by atoms with Crippen LogP contribution >= 0.6 is 0 Å². The molecule has 4 aliphatic heterocycles. The largest absolute Gasteiger partial charge is 0.457 e. The van der Waals surface area contributed by atoms with Crippen LogP contribution in [0.4, 0.5) is 9.59 Å². The van der Waals surface area contributed by atoms with E-state index < -0.39 is 24.3 Å². The Morgan fingerprint density at radius 1 is 0.781 bits per heavy atom. The second-order valence-electron chi connectivity index (χ2n) is 17.6. The number of ether oxygens (including phenoxy) is 5. The summed E-state index contributed by atoms with van der Waals surface area (Å²) < 4.78 is 27.3. The molecule has 64 heavy (non-hydrogen) atoms. The van der Waals surface area contributed by atoms with E-state index in [4.69, 9.17) is 28.7 Å². The first-order valence-corrected chi connectivity index (χ1v) is 22.7. The SMILES string of the molecule is COC(=O)NC(C(=O)NCCCCc1ncc(-c2ccc3c(c2)Oc2ccc(-c4cnc(C5CCCN5C(=O)C(NC(=O)OC)C5CCOCC5)[nH]4)cc2C32CC2)[nH]1)C1CCOCC1. The minimum absolute atomic E-state index is 0.000722. The van der Waals surface area contributed by atoms with Crippen LogP contribution in [-0.2, 0) is 40.4 Å². The summed E-state index contributed by atoms with van der Waals surface area (Å²) >= 11 is 0. The maximum atomic E-state index is 14.1. The van der Waals surface area contributed by atoms with Crippen LogP contribution in [0.1, 0.15) is 93.0 Å². The summed E-state index contributed by atoms with van der Waals surface area (Å²) in [6.45, 7) is 3.33. The van der Waals surface area contributed by atoms with Crippen molar-refractivity contribution < 1.29 is 42.9 Å². The fourth-order valence-corrected chi connectivity index (χ4v) is 10.0. The normalized spacial score (nSPS) is 20.0. The summed E-state index contributed by atoms with van der Waals surface area (Å²) in [6.07, 6.45) is 11.2. The van der Waals surface area contributed by atoms with Crippen molar-refractivity contribution in [2.24, 2.45) is 11.8 Å². The van der Waals surface area contributed by atoms with Crippen LogP contribution in [0.25, 0.3) is 22.5 Å². The maximum absolute atomic E-state index is 14.1. The van der Waals surface area contributed by atoms with Gasteiger partial charge in [0, 0.05) is 73.6 Å². The molecule has 340 valence electrons. The lowest BCUT2D eigenvalue weighted by atomic mass is 9.83. The molecule has 0 radical (unpaired) electrons. The maximum Gasteiger partial charge on any atom is 0.407 e. The van der Waals surface area contributed by atoms with Crippen molar-refractivity contribution in [1.29, 1.82) is 0 Å². The number of H-pyrrole nitrogens is 2. The molecule has 17 nitrogen and oxygen atoms in total. The van der Waals surface area contributed by atoms with E-state index in [2.05, 4.69) is 61.2 Å². The number of nitrogens with zero attached hydrogens (tertiary/aromatic N) is 3. The number of fused-ring (bicyclic) bond motifs is 4. The highest BCUT2D eigenvalue weighted by Gasteiger charge is 2.52. The Balaban J connectivity index is 0.821. The van der Waals surface area contributed by atoms with Crippen molar-refractivity contribution in [1.82, 2.24) is 40.8 Å². The number of rotatable bonds is 14. The van der Waals surface area contributed by atoms with Crippen molar-refractivity contribution >= 4 is 24.0 Å². The topological polar surface area (TPSA) is 211 Å². The van der Waals surface area contributed by atoms with Gasteiger partial charge in [-0.1, -0.05) is 12.1 Å². The number of carbonyl (C=O) groups is 4. The van der Waals surface area contributed by atoms with Crippen LogP contribution in [0.3, 0.4) is 0 Å². The van der Waals surface area contributed by atoms with Gasteiger partial charge in [-0.05, 0) is 100 Å². The van der Waals surface area contributed by atoms with E-state index in [1.165, 1.54) is 19.8 Å². The number of unbranched alkanes of at least 4 members (excludes halogenated alkanes) is 1. The third kappa shape index (κ3) is 9.05. The lowest BCUT2D eigenvalue weighted by molar-refractivity contribution is -0.136. The number of benzene rings is 2. The Bertz CT molecular complexity index is 2330. The van der Waals surface area contributed by atoms with Crippen LogP contribution in [-0.4, -0.2) is 115 Å². The van der Waals surface area contributed by atoms with Gasteiger partial charge in [0.1, 0.15) is 35.2 Å². The number of carbonyl (C=O) groups excluding carboxylic acids is 4. The number of aryl methyl sites for hydroxylation is 1. The molecular formula is C47H58N8O9. The zero-order chi connectivity index (χ0) is 44.2.